The normalized spacial score (nSPS) is 12.2. The van der Waals surface area contributed by atoms with Crippen LogP contribution in [0.1, 0.15) is 12.5 Å². The molecule has 1 heterocycles. The standard InChI is InChI=1S/C31H23N/c1-3-21(4-2)23-16-18-26-24(20-23)17-19-28-27-13-7-8-14-30(27)32(31(26)28)29-15-9-11-22-10-5-6-12-25(22)29/h3-20H,1H2,2H3/b21-4+. The molecular weight excluding hydrogens is 386 g/mol. The molecule has 5 aromatic carbocycles. The summed E-state index contributed by atoms with van der Waals surface area (Å²) < 4.78 is 2.44. The first-order valence-corrected chi connectivity index (χ1v) is 11.0. The van der Waals surface area contributed by atoms with Crippen LogP contribution in [0, 0.1) is 0 Å². The average molecular weight is 410 g/mol. The molecule has 152 valence electrons. The van der Waals surface area contributed by atoms with Crippen molar-refractivity contribution in [2.24, 2.45) is 0 Å². The molecule has 0 atom stereocenters. The Morgan fingerprint density at radius 3 is 2.28 bits per heavy atom. The maximum Gasteiger partial charge on any atom is 0.0619 e. The summed E-state index contributed by atoms with van der Waals surface area (Å²) >= 11 is 0. The quantitative estimate of drug-likeness (QED) is 0.258. The van der Waals surface area contributed by atoms with Gasteiger partial charge in [-0.3, -0.25) is 0 Å². The van der Waals surface area contributed by atoms with E-state index >= 15 is 0 Å². The lowest BCUT2D eigenvalue weighted by Gasteiger charge is -2.13. The van der Waals surface area contributed by atoms with E-state index in [2.05, 4.69) is 121 Å². The van der Waals surface area contributed by atoms with Gasteiger partial charge in [-0.25, -0.2) is 0 Å². The van der Waals surface area contributed by atoms with Gasteiger partial charge in [0.1, 0.15) is 0 Å². The van der Waals surface area contributed by atoms with Crippen molar-refractivity contribution in [2.75, 3.05) is 0 Å². The molecule has 0 saturated heterocycles. The van der Waals surface area contributed by atoms with Gasteiger partial charge >= 0.3 is 0 Å². The first kappa shape index (κ1) is 18.7. The Labute approximate surface area is 187 Å². The first-order valence-electron chi connectivity index (χ1n) is 11.0. The molecule has 0 bridgehead atoms. The van der Waals surface area contributed by atoms with Crippen molar-refractivity contribution in [3.05, 3.63) is 121 Å². The summed E-state index contributed by atoms with van der Waals surface area (Å²) in [6.07, 6.45) is 4.03. The summed E-state index contributed by atoms with van der Waals surface area (Å²) in [6, 6.07) is 35.2. The predicted molar refractivity (Wildman–Crippen MR) is 140 cm³/mol. The summed E-state index contributed by atoms with van der Waals surface area (Å²) in [6.45, 7) is 6.04. The van der Waals surface area contributed by atoms with Crippen LogP contribution in [0.5, 0.6) is 0 Å². The highest BCUT2D eigenvalue weighted by Crippen LogP contribution is 2.38. The molecule has 0 amide bonds. The van der Waals surface area contributed by atoms with E-state index in [0.717, 1.165) is 5.57 Å². The number of fused-ring (bicyclic) bond motifs is 6. The molecule has 6 rings (SSSR count). The lowest BCUT2D eigenvalue weighted by molar-refractivity contribution is 1.20. The number of para-hydroxylation sites is 1. The van der Waals surface area contributed by atoms with Crippen LogP contribution in [0.4, 0.5) is 0 Å². The Morgan fingerprint density at radius 2 is 1.44 bits per heavy atom. The minimum absolute atomic E-state index is 1.15. The molecule has 0 aliphatic rings. The minimum atomic E-state index is 1.15. The van der Waals surface area contributed by atoms with Crippen LogP contribution in [-0.4, -0.2) is 4.57 Å². The monoisotopic (exact) mass is 409 g/mol. The van der Waals surface area contributed by atoms with Crippen LogP contribution in [0.3, 0.4) is 0 Å². The molecule has 32 heavy (non-hydrogen) atoms. The van der Waals surface area contributed by atoms with E-state index in [0.29, 0.717) is 0 Å². The Bertz CT molecular complexity index is 1690. The van der Waals surface area contributed by atoms with Crippen LogP contribution < -0.4 is 0 Å². The van der Waals surface area contributed by atoms with E-state index in [1.165, 1.54) is 54.6 Å². The van der Waals surface area contributed by atoms with Crippen LogP contribution in [-0.2, 0) is 0 Å². The summed E-state index contributed by atoms with van der Waals surface area (Å²) in [7, 11) is 0. The van der Waals surface area contributed by atoms with Crippen LogP contribution in [0.2, 0.25) is 0 Å². The van der Waals surface area contributed by atoms with Gasteiger partial charge in [0, 0.05) is 21.5 Å². The molecule has 6 aromatic rings. The highest BCUT2D eigenvalue weighted by Gasteiger charge is 2.16. The molecule has 1 aromatic heterocycles. The summed E-state index contributed by atoms with van der Waals surface area (Å²) in [5, 5.41) is 7.57. The van der Waals surface area contributed by atoms with Gasteiger partial charge in [0.2, 0.25) is 0 Å². The van der Waals surface area contributed by atoms with Gasteiger partial charge in [-0.05, 0) is 47.0 Å². The Kier molecular flexibility index (Phi) is 4.22. The number of rotatable bonds is 3. The number of nitrogens with zero attached hydrogens (tertiary/aromatic N) is 1. The third-order valence-corrected chi connectivity index (χ3v) is 6.52. The van der Waals surface area contributed by atoms with E-state index in [1.807, 2.05) is 6.08 Å². The van der Waals surface area contributed by atoms with Crippen molar-refractivity contribution >= 4 is 48.9 Å². The van der Waals surface area contributed by atoms with Crippen molar-refractivity contribution in [3.8, 4) is 5.69 Å². The van der Waals surface area contributed by atoms with Gasteiger partial charge in [0.05, 0.1) is 16.7 Å². The zero-order valence-electron chi connectivity index (χ0n) is 18.0. The molecule has 0 aliphatic heterocycles. The maximum atomic E-state index is 3.98. The molecule has 1 heteroatoms. The second-order valence-corrected chi connectivity index (χ2v) is 8.20. The number of benzene rings is 5. The Hall–Kier alpha value is -4.10. The van der Waals surface area contributed by atoms with Crippen molar-refractivity contribution < 1.29 is 0 Å². The Morgan fingerprint density at radius 1 is 0.688 bits per heavy atom. The SMILES string of the molecule is C=C/C(=C\C)c1ccc2c(ccc3c4ccccc4n(-c4cccc5ccccc45)c23)c1. The molecule has 1 nitrogen and oxygen atoms in total. The number of hydrogen-bond acceptors (Lipinski definition) is 0. The van der Waals surface area contributed by atoms with Crippen molar-refractivity contribution in [1.82, 2.24) is 4.57 Å². The van der Waals surface area contributed by atoms with Crippen molar-refractivity contribution in [2.45, 2.75) is 6.92 Å². The maximum absolute atomic E-state index is 3.98. The lowest BCUT2D eigenvalue weighted by Crippen LogP contribution is -1.96. The van der Waals surface area contributed by atoms with Crippen molar-refractivity contribution in [3.63, 3.8) is 0 Å². The van der Waals surface area contributed by atoms with Gasteiger partial charge in [-0.15, -0.1) is 0 Å². The van der Waals surface area contributed by atoms with Gasteiger partial charge < -0.3 is 4.57 Å². The molecule has 0 radical (unpaired) electrons. The smallest absolute Gasteiger partial charge is 0.0619 e. The zero-order valence-corrected chi connectivity index (χ0v) is 18.0. The van der Waals surface area contributed by atoms with E-state index < -0.39 is 0 Å². The molecule has 0 aliphatic carbocycles. The molecule has 0 unspecified atom stereocenters. The fourth-order valence-electron chi connectivity index (χ4n) is 5.02. The van der Waals surface area contributed by atoms with Crippen LogP contribution in [0.15, 0.2) is 116 Å². The average Bonchev–Trinajstić information content (AvgIpc) is 3.19. The van der Waals surface area contributed by atoms with Gasteiger partial charge in [0.15, 0.2) is 0 Å². The van der Waals surface area contributed by atoms with E-state index in [-0.39, 0.29) is 0 Å². The van der Waals surface area contributed by atoms with Crippen LogP contribution >= 0.6 is 0 Å². The molecule has 0 saturated carbocycles. The number of hydrogen-bond donors (Lipinski definition) is 0. The van der Waals surface area contributed by atoms with Crippen LogP contribution in [0.25, 0.3) is 54.6 Å². The minimum Gasteiger partial charge on any atom is -0.308 e. The first-order chi connectivity index (χ1) is 15.8. The predicted octanol–water partition coefficient (Wildman–Crippen LogP) is 8.68. The van der Waals surface area contributed by atoms with Gasteiger partial charge in [0.25, 0.3) is 0 Å². The molecule has 0 N–H and O–H groups in total. The van der Waals surface area contributed by atoms with E-state index in [4.69, 9.17) is 0 Å². The Balaban J connectivity index is 1.79. The lowest BCUT2D eigenvalue weighted by atomic mass is 9.99. The number of allylic oxidation sites excluding steroid dienone is 3. The fourth-order valence-corrected chi connectivity index (χ4v) is 5.02. The van der Waals surface area contributed by atoms with E-state index in [1.54, 1.807) is 0 Å². The summed E-state index contributed by atoms with van der Waals surface area (Å²) in [5.41, 5.74) is 6.05. The van der Waals surface area contributed by atoms with Gasteiger partial charge in [-0.2, -0.15) is 0 Å². The molecular formula is C31H23N. The highest BCUT2D eigenvalue weighted by atomic mass is 15.0. The summed E-state index contributed by atoms with van der Waals surface area (Å²) in [5.74, 6) is 0. The largest absolute Gasteiger partial charge is 0.308 e. The third-order valence-electron chi connectivity index (χ3n) is 6.52. The van der Waals surface area contributed by atoms with Crippen molar-refractivity contribution in [1.29, 1.82) is 0 Å². The zero-order chi connectivity index (χ0) is 21.7. The topological polar surface area (TPSA) is 4.93 Å². The fraction of sp³-hybridized carbons (Fsp3) is 0.0323. The molecule has 0 fully saturated rings. The molecule has 0 spiro atoms. The second-order valence-electron chi connectivity index (χ2n) is 8.20. The summed E-state index contributed by atoms with van der Waals surface area (Å²) in [4.78, 5) is 0. The number of aromatic nitrogens is 1. The highest BCUT2D eigenvalue weighted by molar-refractivity contribution is 6.19. The van der Waals surface area contributed by atoms with Gasteiger partial charge in [-0.1, -0.05) is 97.6 Å². The second kappa shape index (κ2) is 7.25. The third kappa shape index (κ3) is 2.65. The van der Waals surface area contributed by atoms with E-state index in [9.17, 15) is 0 Å².